The van der Waals surface area contributed by atoms with Gasteiger partial charge in [0.05, 0.1) is 11.6 Å². The molecule has 3 aromatic rings. The van der Waals surface area contributed by atoms with Gasteiger partial charge in [-0.15, -0.1) is 0 Å². The monoisotopic (exact) mass is 406 g/mol. The molecule has 1 fully saturated rings. The number of ether oxygens (including phenoxy) is 1. The van der Waals surface area contributed by atoms with Crippen molar-refractivity contribution in [3.8, 4) is 16.9 Å². The molecule has 4 rings (SSSR count). The van der Waals surface area contributed by atoms with Crippen LogP contribution in [-0.4, -0.2) is 45.4 Å². The van der Waals surface area contributed by atoms with E-state index in [0.29, 0.717) is 28.6 Å². The third-order valence-corrected chi connectivity index (χ3v) is 5.29. The number of hydrogen-bond donors (Lipinski definition) is 4. The van der Waals surface area contributed by atoms with Crippen molar-refractivity contribution in [1.29, 1.82) is 0 Å². The fourth-order valence-electron chi connectivity index (χ4n) is 3.44. The number of halogens is 1. The Morgan fingerprint density at radius 2 is 2.00 bits per heavy atom. The number of anilines is 1. The number of fused-ring (bicyclic) bond motifs is 1. The molecule has 0 aliphatic carbocycles. The standard InChI is InChI=1S/C19H20FN2O5P/c20-17-8-18-16(19(9-21-18)27-11-28(24,25)26)7-15(17)12-1-3-13(4-2-12)22-6-5-14(23)10-22/h1-4,7-9,14,21,23H,5-6,10-11H2,(H2,24,25,26)/t14-/m0/s1. The number of H-pyrrole nitrogens is 1. The van der Waals surface area contributed by atoms with Gasteiger partial charge in [0.15, 0.2) is 6.35 Å². The summed E-state index contributed by atoms with van der Waals surface area (Å²) in [6.07, 6.45) is 1.12. The van der Waals surface area contributed by atoms with Crippen LogP contribution in [0.4, 0.5) is 10.1 Å². The van der Waals surface area contributed by atoms with Crippen molar-refractivity contribution in [3.63, 3.8) is 0 Å². The molecule has 2 aromatic carbocycles. The highest BCUT2D eigenvalue weighted by molar-refractivity contribution is 7.51. The Hall–Kier alpha value is -2.38. The van der Waals surface area contributed by atoms with Gasteiger partial charge in [-0.2, -0.15) is 0 Å². The van der Waals surface area contributed by atoms with E-state index in [1.54, 1.807) is 6.07 Å². The van der Waals surface area contributed by atoms with Crippen LogP contribution in [0.2, 0.25) is 0 Å². The van der Waals surface area contributed by atoms with E-state index in [1.165, 1.54) is 12.3 Å². The van der Waals surface area contributed by atoms with Gasteiger partial charge < -0.3 is 29.5 Å². The van der Waals surface area contributed by atoms with Crippen molar-refractivity contribution in [1.82, 2.24) is 4.98 Å². The molecule has 148 valence electrons. The summed E-state index contributed by atoms with van der Waals surface area (Å²) in [5.41, 5.74) is 2.48. The van der Waals surface area contributed by atoms with E-state index in [-0.39, 0.29) is 11.9 Å². The number of β-amino-alcohol motifs (C(OH)–C–C–N with tert-alkyl or cyclic N) is 1. The molecular formula is C19H20FN2O5P. The normalized spacial score (nSPS) is 17.4. The molecule has 0 bridgehead atoms. The SMILES string of the molecule is O=P(O)(O)COc1c[nH]c2cc(F)c(-c3ccc(N4CC[C@H](O)C4)cc3)cc12. The third-order valence-electron chi connectivity index (χ3n) is 4.83. The van der Waals surface area contributed by atoms with Gasteiger partial charge in [-0.3, -0.25) is 4.57 Å². The summed E-state index contributed by atoms with van der Waals surface area (Å²) in [5.74, 6) is -0.164. The van der Waals surface area contributed by atoms with Crippen LogP contribution < -0.4 is 9.64 Å². The average Bonchev–Trinajstić information content (AvgIpc) is 3.25. The highest BCUT2D eigenvalue weighted by Gasteiger charge is 2.21. The van der Waals surface area contributed by atoms with Crippen LogP contribution >= 0.6 is 7.60 Å². The highest BCUT2D eigenvalue weighted by Crippen LogP contribution is 2.38. The first-order chi connectivity index (χ1) is 13.3. The van der Waals surface area contributed by atoms with Gasteiger partial charge in [-0.25, -0.2) is 4.39 Å². The predicted molar refractivity (Wildman–Crippen MR) is 104 cm³/mol. The minimum atomic E-state index is -4.32. The molecule has 7 nitrogen and oxygen atoms in total. The molecule has 1 atom stereocenters. The lowest BCUT2D eigenvalue weighted by Gasteiger charge is -2.18. The van der Waals surface area contributed by atoms with Gasteiger partial charge in [0.1, 0.15) is 11.6 Å². The summed E-state index contributed by atoms with van der Waals surface area (Å²) in [4.78, 5) is 22.9. The predicted octanol–water partition coefficient (Wildman–Crippen LogP) is 3.06. The number of hydrogen-bond acceptors (Lipinski definition) is 4. The Balaban J connectivity index is 1.64. The second kappa shape index (κ2) is 7.22. The van der Waals surface area contributed by atoms with Crippen molar-refractivity contribution in [2.75, 3.05) is 24.3 Å². The Labute approximate surface area is 160 Å². The summed E-state index contributed by atoms with van der Waals surface area (Å²) in [6.45, 7) is 1.37. The fraction of sp³-hybridized carbons (Fsp3) is 0.263. The van der Waals surface area contributed by atoms with Crippen molar-refractivity contribution in [3.05, 3.63) is 48.4 Å². The zero-order valence-electron chi connectivity index (χ0n) is 14.9. The van der Waals surface area contributed by atoms with E-state index >= 15 is 0 Å². The zero-order chi connectivity index (χ0) is 19.9. The number of aromatic nitrogens is 1. The largest absolute Gasteiger partial charge is 0.479 e. The van der Waals surface area contributed by atoms with E-state index in [2.05, 4.69) is 9.88 Å². The number of benzene rings is 2. The van der Waals surface area contributed by atoms with E-state index in [0.717, 1.165) is 18.7 Å². The number of nitrogens with one attached hydrogen (secondary N) is 1. The van der Waals surface area contributed by atoms with Crippen molar-refractivity contribution < 1.29 is 28.6 Å². The first-order valence-corrected chi connectivity index (χ1v) is 10.6. The lowest BCUT2D eigenvalue weighted by Crippen LogP contribution is -2.20. The molecule has 4 N–H and O–H groups in total. The molecule has 1 saturated heterocycles. The number of rotatable bonds is 5. The number of nitrogens with zero attached hydrogens (tertiary/aromatic N) is 1. The van der Waals surface area contributed by atoms with Gasteiger partial charge in [0, 0.05) is 35.9 Å². The Bertz CT molecular complexity index is 1050. The van der Waals surface area contributed by atoms with Gasteiger partial charge in [0.25, 0.3) is 0 Å². The highest BCUT2D eigenvalue weighted by atomic mass is 31.2. The second-order valence-corrected chi connectivity index (χ2v) is 8.49. The van der Waals surface area contributed by atoms with E-state index in [1.807, 2.05) is 24.3 Å². The quantitative estimate of drug-likeness (QED) is 0.486. The van der Waals surface area contributed by atoms with Crippen LogP contribution in [0.15, 0.2) is 42.6 Å². The zero-order valence-corrected chi connectivity index (χ0v) is 15.8. The average molecular weight is 406 g/mol. The Morgan fingerprint density at radius 1 is 1.25 bits per heavy atom. The van der Waals surface area contributed by atoms with Gasteiger partial charge in [-0.05, 0) is 36.2 Å². The van der Waals surface area contributed by atoms with Crippen molar-refractivity contribution in [2.45, 2.75) is 12.5 Å². The summed E-state index contributed by atoms with van der Waals surface area (Å²) in [5, 5.41) is 10.2. The van der Waals surface area contributed by atoms with E-state index < -0.39 is 19.8 Å². The van der Waals surface area contributed by atoms with Crippen LogP contribution in [0, 0.1) is 5.82 Å². The van der Waals surface area contributed by atoms with Crippen molar-refractivity contribution >= 4 is 24.2 Å². The maximum Gasteiger partial charge on any atom is 0.362 e. The van der Waals surface area contributed by atoms with Crippen LogP contribution in [0.1, 0.15) is 6.42 Å². The van der Waals surface area contributed by atoms with Crippen molar-refractivity contribution in [2.24, 2.45) is 0 Å². The lowest BCUT2D eigenvalue weighted by molar-refractivity contribution is 0.198. The molecule has 1 aliphatic heterocycles. The molecule has 9 heteroatoms. The molecule has 0 amide bonds. The molecule has 1 aromatic heterocycles. The van der Waals surface area contributed by atoms with Crippen LogP contribution in [0.3, 0.4) is 0 Å². The van der Waals surface area contributed by atoms with E-state index in [9.17, 15) is 14.1 Å². The summed E-state index contributed by atoms with van der Waals surface area (Å²) < 4.78 is 30.9. The van der Waals surface area contributed by atoms with Crippen LogP contribution in [0.25, 0.3) is 22.0 Å². The Kier molecular flexibility index (Phi) is 4.89. The maximum absolute atomic E-state index is 14.6. The summed E-state index contributed by atoms with van der Waals surface area (Å²) >= 11 is 0. The molecular weight excluding hydrogens is 386 g/mol. The summed E-state index contributed by atoms with van der Waals surface area (Å²) in [6, 6.07) is 10.3. The second-order valence-electron chi connectivity index (χ2n) is 6.90. The van der Waals surface area contributed by atoms with Crippen LogP contribution in [-0.2, 0) is 4.57 Å². The third kappa shape index (κ3) is 3.91. The van der Waals surface area contributed by atoms with Crippen LogP contribution in [0.5, 0.6) is 5.75 Å². The molecule has 2 heterocycles. The minimum Gasteiger partial charge on any atom is -0.479 e. The Morgan fingerprint density at radius 3 is 2.64 bits per heavy atom. The molecule has 28 heavy (non-hydrogen) atoms. The first kappa shape index (κ1) is 19.0. The van der Waals surface area contributed by atoms with Gasteiger partial charge in [0.2, 0.25) is 0 Å². The lowest BCUT2D eigenvalue weighted by atomic mass is 10.0. The smallest absolute Gasteiger partial charge is 0.362 e. The topological polar surface area (TPSA) is 106 Å². The van der Waals surface area contributed by atoms with E-state index in [4.69, 9.17) is 14.5 Å². The first-order valence-electron chi connectivity index (χ1n) is 8.81. The molecule has 0 radical (unpaired) electrons. The molecule has 0 spiro atoms. The summed E-state index contributed by atoms with van der Waals surface area (Å²) in [7, 11) is -4.32. The number of aliphatic hydroxyl groups is 1. The number of aromatic amines is 1. The maximum atomic E-state index is 14.6. The molecule has 0 saturated carbocycles. The fourth-order valence-corrected chi connectivity index (χ4v) is 3.75. The number of aliphatic hydroxyl groups excluding tert-OH is 1. The van der Waals surface area contributed by atoms with Gasteiger partial charge >= 0.3 is 7.60 Å². The van der Waals surface area contributed by atoms with Gasteiger partial charge in [-0.1, -0.05) is 12.1 Å². The molecule has 1 aliphatic rings. The molecule has 0 unspecified atom stereocenters. The minimum absolute atomic E-state index is 0.252.